The van der Waals surface area contributed by atoms with Gasteiger partial charge in [-0.05, 0) is 29.5 Å². The molecule has 18 heavy (non-hydrogen) atoms. The number of ether oxygens (including phenoxy) is 1. The highest BCUT2D eigenvalue weighted by atomic mass is 16.6. The van der Waals surface area contributed by atoms with Crippen LogP contribution in [0.3, 0.4) is 0 Å². The molecule has 1 N–H and O–H groups in total. The molecule has 5 aliphatic rings. The predicted molar refractivity (Wildman–Crippen MR) is 65.6 cm³/mol. The number of cyclic esters (lactones) is 1. The molecule has 2 bridgehead atoms. The lowest BCUT2D eigenvalue weighted by Gasteiger charge is -2.18. The Bertz CT molecular complexity index is 543. The van der Waals surface area contributed by atoms with E-state index in [1.165, 1.54) is 5.56 Å². The molecule has 2 aliphatic carbocycles. The van der Waals surface area contributed by atoms with Crippen LogP contribution in [0.1, 0.15) is 5.56 Å². The summed E-state index contributed by atoms with van der Waals surface area (Å²) >= 11 is 0. The zero-order valence-electron chi connectivity index (χ0n) is 9.93. The molecular weight excluding hydrogens is 228 g/mol. The summed E-state index contributed by atoms with van der Waals surface area (Å²) in [7, 11) is 0. The van der Waals surface area contributed by atoms with Gasteiger partial charge in [0, 0.05) is 23.7 Å². The average Bonchev–Trinajstić information content (AvgIpc) is 3.06. The van der Waals surface area contributed by atoms with Crippen molar-refractivity contribution in [2.75, 3.05) is 24.6 Å². The van der Waals surface area contributed by atoms with Crippen LogP contribution >= 0.6 is 0 Å². The summed E-state index contributed by atoms with van der Waals surface area (Å²) < 4.78 is 4.96. The molecule has 0 aromatic heterocycles. The minimum atomic E-state index is -0.224. The summed E-state index contributed by atoms with van der Waals surface area (Å²) in [5, 5.41) is 3.56. The molecule has 3 heterocycles. The van der Waals surface area contributed by atoms with Gasteiger partial charge in [0.05, 0.1) is 6.54 Å². The highest BCUT2D eigenvalue weighted by Crippen LogP contribution is 2.80. The molecule has 0 radical (unpaired) electrons. The van der Waals surface area contributed by atoms with Crippen molar-refractivity contribution >= 4 is 11.8 Å². The third-order valence-electron chi connectivity index (χ3n) is 5.21. The number of amides is 1. The Morgan fingerprint density at radius 3 is 2.61 bits per heavy atom. The van der Waals surface area contributed by atoms with Gasteiger partial charge >= 0.3 is 6.09 Å². The maximum atomic E-state index is 11.5. The zero-order chi connectivity index (χ0) is 11.9. The molecule has 5 fully saturated rings. The molecule has 3 aliphatic heterocycles. The van der Waals surface area contributed by atoms with Crippen LogP contribution in [0.25, 0.3) is 0 Å². The molecule has 92 valence electrons. The maximum Gasteiger partial charge on any atom is 0.414 e. The van der Waals surface area contributed by atoms with Gasteiger partial charge in [0.15, 0.2) is 0 Å². The number of anilines is 1. The summed E-state index contributed by atoms with van der Waals surface area (Å²) in [6.07, 6.45) is -0.224. The van der Waals surface area contributed by atoms with Gasteiger partial charge in [-0.3, -0.25) is 4.90 Å². The van der Waals surface area contributed by atoms with Gasteiger partial charge in [0.2, 0.25) is 0 Å². The highest BCUT2D eigenvalue weighted by Gasteiger charge is 2.87. The minimum absolute atomic E-state index is 0.224. The lowest BCUT2D eigenvalue weighted by molar-refractivity contribution is 0.181. The third kappa shape index (κ3) is 0.882. The lowest BCUT2D eigenvalue weighted by atomic mass is 9.88. The van der Waals surface area contributed by atoms with E-state index in [0.717, 1.165) is 30.1 Å². The molecule has 4 heteroatoms. The van der Waals surface area contributed by atoms with E-state index in [1.807, 2.05) is 0 Å². The standard InChI is InChI=1S/C14H14N2O2/c17-13-16(5-6-18-13)9-3-1-8(2-4-9)14-7-15-12-10(14)11(12)14/h1-4,10-12,15H,5-7H2. The Morgan fingerprint density at radius 1 is 1.28 bits per heavy atom. The molecule has 2 unspecified atom stereocenters. The topological polar surface area (TPSA) is 41.6 Å². The summed E-state index contributed by atoms with van der Waals surface area (Å²) in [6.45, 7) is 2.30. The Kier molecular flexibility index (Phi) is 1.42. The summed E-state index contributed by atoms with van der Waals surface area (Å²) in [5.74, 6) is 1.81. The van der Waals surface area contributed by atoms with Crippen LogP contribution in [-0.4, -0.2) is 31.8 Å². The first-order valence-corrected chi connectivity index (χ1v) is 6.60. The number of hydrogen-bond acceptors (Lipinski definition) is 3. The van der Waals surface area contributed by atoms with Gasteiger partial charge in [-0.25, -0.2) is 4.79 Å². The van der Waals surface area contributed by atoms with Crippen LogP contribution in [-0.2, 0) is 10.2 Å². The van der Waals surface area contributed by atoms with Crippen molar-refractivity contribution in [2.24, 2.45) is 11.8 Å². The molecule has 6 rings (SSSR count). The molecule has 3 saturated heterocycles. The Labute approximate surface area is 105 Å². The van der Waals surface area contributed by atoms with Crippen molar-refractivity contribution in [3.63, 3.8) is 0 Å². The van der Waals surface area contributed by atoms with Crippen LogP contribution in [0.5, 0.6) is 0 Å². The fourth-order valence-electron chi connectivity index (χ4n) is 4.18. The lowest BCUT2D eigenvalue weighted by Crippen LogP contribution is -2.23. The second-order valence-corrected chi connectivity index (χ2v) is 5.81. The van der Waals surface area contributed by atoms with E-state index in [-0.39, 0.29) is 6.09 Å². The Balaban J connectivity index is 1.45. The first kappa shape index (κ1) is 9.39. The second kappa shape index (κ2) is 2.72. The predicted octanol–water partition coefficient (Wildman–Crippen LogP) is 1.11. The van der Waals surface area contributed by atoms with Crippen molar-refractivity contribution < 1.29 is 9.53 Å². The monoisotopic (exact) mass is 242 g/mol. The summed E-state index contributed by atoms with van der Waals surface area (Å²) in [6, 6.07) is 9.32. The minimum Gasteiger partial charge on any atom is -0.447 e. The first-order chi connectivity index (χ1) is 8.82. The van der Waals surface area contributed by atoms with Gasteiger partial charge < -0.3 is 10.1 Å². The van der Waals surface area contributed by atoms with Gasteiger partial charge in [-0.2, -0.15) is 0 Å². The number of carbonyl (C=O) groups excluding carboxylic acids is 1. The van der Waals surface area contributed by atoms with Crippen molar-refractivity contribution in [3.8, 4) is 0 Å². The molecular formula is C14H14N2O2. The molecule has 0 spiro atoms. The van der Waals surface area contributed by atoms with Crippen molar-refractivity contribution in [2.45, 2.75) is 11.5 Å². The third-order valence-corrected chi connectivity index (χ3v) is 5.21. The van der Waals surface area contributed by atoms with Crippen LogP contribution in [0, 0.1) is 11.8 Å². The largest absolute Gasteiger partial charge is 0.447 e. The van der Waals surface area contributed by atoms with Crippen LogP contribution < -0.4 is 10.2 Å². The second-order valence-electron chi connectivity index (χ2n) is 5.81. The fourth-order valence-corrected chi connectivity index (χ4v) is 4.18. The molecule has 2 saturated carbocycles. The van der Waals surface area contributed by atoms with E-state index >= 15 is 0 Å². The number of hydrogen-bond donors (Lipinski definition) is 1. The van der Waals surface area contributed by atoms with E-state index in [0.29, 0.717) is 18.6 Å². The van der Waals surface area contributed by atoms with Crippen LogP contribution in [0.4, 0.5) is 10.5 Å². The molecule has 1 amide bonds. The maximum absolute atomic E-state index is 11.5. The highest BCUT2D eigenvalue weighted by molar-refractivity contribution is 5.89. The van der Waals surface area contributed by atoms with Gasteiger partial charge in [0.1, 0.15) is 6.61 Å². The van der Waals surface area contributed by atoms with E-state index in [4.69, 9.17) is 4.74 Å². The number of piperidine rings is 1. The molecule has 1 aromatic carbocycles. The molecule has 4 nitrogen and oxygen atoms in total. The molecule has 1 aromatic rings. The zero-order valence-corrected chi connectivity index (χ0v) is 9.93. The van der Waals surface area contributed by atoms with Crippen molar-refractivity contribution in [3.05, 3.63) is 29.8 Å². The Hall–Kier alpha value is -1.55. The number of benzene rings is 1. The van der Waals surface area contributed by atoms with Crippen molar-refractivity contribution in [1.29, 1.82) is 0 Å². The van der Waals surface area contributed by atoms with Gasteiger partial charge in [0.25, 0.3) is 0 Å². The first-order valence-electron chi connectivity index (χ1n) is 6.60. The summed E-state index contributed by atoms with van der Waals surface area (Å²) in [5.41, 5.74) is 2.85. The number of fused-ring (bicyclic) bond motifs is 1. The number of carbonyl (C=O) groups is 1. The van der Waals surface area contributed by atoms with E-state index in [2.05, 4.69) is 29.6 Å². The Morgan fingerprint density at radius 2 is 2.06 bits per heavy atom. The van der Waals surface area contributed by atoms with Crippen molar-refractivity contribution in [1.82, 2.24) is 5.32 Å². The normalized spacial score (nSPS) is 42.8. The van der Waals surface area contributed by atoms with E-state index in [1.54, 1.807) is 4.90 Å². The van der Waals surface area contributed by atoms with Crippen LogP contribution in [0.15, 0.2) is 24.3 Å². The van der Waals surface area contributed by atoms with E-state index in [9.17, 15) is 4.79 Å². The average molecular weight is 242 g/mol. The summed E-state index contributed by atoms with van der Waals surface area (Å²) in [4.78, 5) is 13.2. The fraction of sp³-hybridized carbons (Fsp3) is 0.500. The van der Waals surface area contributed by atoms with Gasteiger partial charge in [-0.1, -0.05) is 12.1 Å². The SMILES string of the molecule is O=C1OCCN1c1ccc(C23CNC4C2C43)cc1. The number of nitrogens with one attached hydrogen (secondary N) is 1. The van der Waals surface area contributed by atoms with Gasteiger partial charge in [-0.15, -0.1) is 0 Å². The van der Waals surface area contributed by atoms with E-state index < -0.39 is 0 Å². The number of nitrogens with zero attached hydrogens (tertiary/aromatic N) is 1. The quantitative estimate of drug-likeness (QED) is 0.844. The van der Waals surface area contributed by atoms with Crippen LogP contribution in [0.2, 0.25) is 0 Å². The number of rotatable bonds is 2. The molecule has 2 atom stereocenters. The smallest absolute Gasteiger partial charge is 0.414 e.